The molecule has 0 spiro atoms. The van der Waals surface area contributed by atoms with Crippen molar-refractivity contribution < 1.29 is 9.59 Å². The summed E-state index contributed by atoms with van der Waals surface area (Å²) in [6, 6.07) is 15.5. The van der Waals surface area contributed by atoms with Crippen LogP contribution in [0.15, 0.2) is 48.5 Å². The van der Waals surface area contributed by atoms with Crippen molar-refractivity contribution in [1.82, 2.24) is 5.32 Å². The first-order valence-electron chi connectivity index (χ1n) is 8.30. The number of carbonyl (C=O) groups is 2. The lowest BCUT2D eigenvalue weighted by atomic mass is 10.1. The van der Waals surface area contributed by atoms with Crippen LogP contribution in [0.5, 0.6) is 0 Å². The van der Waals surface area contributed by atoms with Crippen LogP contribution >= 0.6 is 0 Å². The third-order valence-electron chi connectivity index (χ3n) is 4.13. The molecule has 124 valence electrons. The second-order valence-electron chi connectivity index (χ2n) is 6.59. The zero-order valence-corrected chi connectivity index (χ0v) is 14.1. The monoisotopic (exact) mass is 322 g/mol. The molecule has 0 atom stereocenters. The maximum absolute atomic E-state index is 12.4. The van der Waals surface area contributed by atoms with Crippen molar-refractivity contribution in [3.8, 4) is 0 Å². The van der Waals surface area contributed by atoms with E-state index in [1.54, 1.807) is 11.0 Å². The number of benzene rings is 2. The molecular formula is C20H22N2O2. The molecule has 0 saturated carbocycles. The highest BCUT2D eigenvalue weighted by Gasteiger charge is 2.28. The van der Waals surface area contributed by atoms with E-state index in [2.05, 4.69) is 19.2 Å². The predicted octanol–water partition coefficient (Wildman–Crippen LogP) is 3.16. The summed E-state index contributed by atoms with van der Waals surface area (Å²) in [5, 5.41) is 2.91. The molecule has 0 fully saturated rings. The Kier molecular flexibility index (Phi) is 4.65. The third-order valence-corrected chi connectivity index (χ3v) is 4.13. The van der Waals surface area contributed by atoms with Crippen molar-refractivity contribution in [3.63, 3.8) is 0 Å². The molecule has 0 radical (unpaired) electrons. The van der Waals surface area contributed by atoms with E-state index < -0.39 is 0 Å². The fraction of sp³-hybridized carbons (Fsp3) is 0.300. The molecule has 4 nitrogen and oxygen atoms in total. The van der Waals surface area contributed by atoms with Gasteiger partial charge < -0.3 is 10.2 Å². The van der Waals surface area contributed by atoms with E-state index in [4.69, 9.17) is 0 Å². The SMILES string of the molecule is CC(C)CNC(=O)c1ccc2c(c1)CC(=O)N2Cc1ccccc1. The van der Waals surface area contributed by atoms with Gasteiger partial charge in [0.2, 0.25) is 5.91 Å². The highest BCUT2D eigenvalue weighted by atomic mass is 16.2. The van der Waals surface area contributed by atoms with Crippen molar-refractivity contribution in [2.45, 2.75) is 26.8 Å². The lowest BCUT2D eigenvalue weighted by Gasteiger charge is -2.18. The van der Waals surface area contributed by atoms with Gasteiger partial charge in [-0.1, -0.05) is 44.2 Å². The van der Waals surface area contributed by atoms with Gasteiger partial charge in [0, 0.05) is 17.8 Å². The van der Waals surface area contributed by atoms with Crippen molar-refractivity contribution >= 4 is 17.5 Å². The number of fused-ring (bicyclic) bond motifs is 1. The van der Waals surface area contributed by atoms with Crippen LogP contribution in [-0.2, 0) is 17.8 Å². The van der Waals surface area contributed by atoms with E-state index in [0.29, 0.717) is 31.0 Å². The third kappa shape index (κ3) is 3.48. The van der Waals surface area contributed by atoms with Crippen LogP contribution in [0.25, 0.3) is 0 Å². The van der Waals surface area contributed by atoms with E-state index in [9.17, 15) is 9.59 Å². The summed E-state index contributed by atoms with van der Waals surface area (Å²) >= 11 is 0. The molecule has 3 rings (SSSR count). The van der Waals surface area contributed by atoms with Gasteiger partial charge in [-0.2, -0.15) is 0 Å². The van der Waals surface area contributed by atoms with E-state index in [1.807, 2.05) is 42.5 Å². The number of nitrogens with zero attached hydrogens (tertiary/aromatic N) is 1. The summed E-state index contributed by atoms with van der Waals surface area (Å²) in [5.41, 5.74) is 3.54. The largest absolute Gasteiger partial charge is 0.352 e. The van der Waals surface area contributed by atoms with Crippen LogP contribution in [0, 0.1) is 5.92 Å². The lowest BCUT2D eigenvalue weighted by Crippen LogP contribution is -2.27. The first-order valence-corrected chi connectivity index (χ1v) is 8.30. The van der Waals surface area contributed by atoms with Gasteiger partial charge in [0.05, 0.1) is 13.0 Å². The number of carbonyl (C=O) groups excluding carboxylic acids is 2. The zero-order chi connectivity index (χ0) is 17.1. The Labute approximate surface area is 142 Å². The molecule has 24 heavy (non-hydrogen) atoms. The molecule has 0 bridgehead atoms. The molecular weight excluding hydrogens is 300 g/mol. The summed E-state index contributed by atoms with van der Waals surface area (Å²) in [7, 11) is 0. The van der Waals surface area contributed by atoms with Gasteiger partial charge >= 0.3 is 0 Å². The van der Waals surface area contributed by atoms with Gasteiger partial charge in [-0.25, -0.2) is 0 Å². The Morgan fingerprint density at radius 3 is 2.62 bits per heavy atom. The van der Waals surface area contributed by atoms with Crippen LogP contribution in [0.2, 0.25) is 0 Å². The topological polar surface area (TPSA) is 49.4 Å². The molecule has 4 heteroatoms. The summed E-state index contributed by atoms with van der Waals surface area (Å²) in [4.78, 5) is 26.3. The molecule has 0 unspecified atom stereocenters. The highest BCUT2D eigenvalue weighted by Crippen LogP contribution is 2.31. The molecule has 2 aromatic rings. The second kappa shape index (κ2) is 6.87. The minimum Gasteiger partial charge on any atom is -0.352 e. The molecule has 2 aromatic carbocycles. The zero-order valence-electron chi connectivity index (χ0n) is 14.1. The fourth-order valence-corrected chi connectivity index (χ4v) is 2.86. The van der Waals surface area contributed by atoms with Gasteiger partial charge in [0.1, 0.15) is 0 Å². The maximum atomic E-state index is 12.4. The summed E-state index contributed by atoms with van der Waals surface area (Å²) in [6.07, 6.45) is 0.355. The minimum absolute atomic E-state index is 0.0774. The molecule has 0 saturated heterocycles. The van der Waals surface area contributed by atoms with Gasteiger partial charge in [0.15, 0.2) is 0 Å². The average molecular weight is 322 g/mol. The fourth-order valence-electron chi connectivity index (χ4n) is 2.86. The molecule has 1 N–H and O–H groups in total. The highest BCUT2D eigenvalue weighted by molar-refractivity contribution is 6.03. The Morgan fingerprint density at radius 2 is 1.92 bits per heavy atom. The lowest BCUT2D eigenvalue weighted by molar-refractivity contribution is -0.117. The molecule has 0 aliphatic carbocycles. The number of nitrogens with one attached hydrogen (secondary N) is 1. The average Bonchev–Trinajstić information content (AvgIpc) is 2.88. The number of amides is 2. The molecule has 1 aliphatic heterocycles. The summed E-state index contributed by atoms with van der Waals surface area (Å²) < 4.78 is 0. The normalized spacial score (nSPS) is 13.3. The van der Waals surface area contributed by atoms with E-state index in [-0.39, 0.29) is 11.8 Å². The molecule has 1 heterocycles. The standard InChI is InChI=1S/C20H22N2O2/c1-14(2)12-21-20(24)16-8-9-18-17(10-16)11-19(23)22(18)13-15-6-4-3-5-7-15/h3-10,14H,11-13H2,1-2H3,(H,21,24). The van der Waals surface area contributed by atoms with Crippen molar-refractivity contribution in [2.75, 3.05) is 11.4 Å². The molecule has 0 aromatic heterocycles. The van der Waals surface area contributed by atoms with Crippen LogP contribution in [0.3, 0.4) is 0 Å². The van der Waals surface area contributed by atoms with Crippen molar-refractivity contribution in [1.29, 1.82) is 0 Å². The quantitative estimate of drug-likeness (QED) is 0.919. The predicted molar refractivity (Wildman–Crippen MR) is 94.9 cm³/mol. The Balaban J connectivity index is 1.78. The van der Waals surface area contributed by atoms with Crippen molar-refractivity contribution in [2.24, 2.45) is 5.92 Å². The minimum atomic E-state index is -0.0829. The smallest absolute Gasteiger partial charge is 0.251 e. The molecule has 1 aliphatic rings. The van der Waals surface area contributed by atoms with Crippen LogP contribution in [0.1, 0.15) is 35.3 Å². The first kappa shape index (κ1) is 16.2. The van der Waals surface area contributed by atoms with Gasteiger partial charge in [-0.15, -0.1) is 0 Å². The molecule has 2 amide bonds. The number of hydrogen-bond acceptors (Lipinski definition) is 2. The number of hydrogen-bond donors (Lipinski definition) is 1. The van der Waals surface area contributed by atoms with Crippen LogP contribution < -0.4 is 10.2 Å². The Bertz CT molecular complexity index is 753. The van der Waals surface area contributed by atoms with Gasteiger partial charge in [-0.05, 0) is 35.2 Å². The van der Waals surface area contributed by atoms with Crippen LogP contribution in [0.4, 0.5) is 5.69 Å². The second-order valence-corrected chi connectivity index (χ2v) is 6.59. The van der Waals surface area contributed by atoms with Crippen molar-refractivity contribution in [3.05, 3.63) is 65.2 Å². The van der Waals surface area contributed by atoms with Crippen LogP contribution in [-0.4, -0.2) is 18.4 Å². The Morgan fingerprint density at radius 1 is 1.17 bits per heavy atom. The van der Waals surface area contributed by atoms with Gasteiger partial charge in [0.25, 0.3) is 5.91 Å². The van der Waals surface area contributed by atoms with E-state index >= 15 is 0 Å². The van der Waals surface area contributed by atoms with Gasteiger partial charge in [-0.3, -0.25) is 9.59 Å². The Hall–Kier alpha value is -2.62. The summed E-state index contributed by atoms with van der Waals surface area (Å²) in [6.45, 7) is 5.33. The number of anilines is 1. The number of rotatable bonds is 5. The first-order chi connectivity index (χ1) is 11.5. The summed E-state index contributed by atoms with van der Waals surface area (Å²) in [5.74, 6) is 0.403. The maximum Gasteiger partial charge on any atom is 0.251 e. The van der Waals surface area contributed by atoms with E-state index in [0.717, 1.165) is 16.8 Å². The van der Waals surface area contributed by atoms with E-state index in [1.165, 1.54) is 0 Å².